The van der Waals surface area contributed by atoms with E-state index in [0.717, 1.165) is 16.7 Å². The van der Waals surface area contributed by atoms with Gasteiger partial charge in [0.1, 0.15) is 12.1 Å². The molecule has 1 aromatic carbocycles. The Morgan fingerprint density at radius 3 is 2.62 bits per heavy atom. The van der Waals surface area contributed by atoms with Crippen LogP contribution in [0.5, 0.6) is 0 Å². The Bertz CT molecular complexity index is 533. The number of para-hydroxylation sites is 1. The van der Waals surface area contributed by atoms with Crippen molar-refractivity contribution >= 4 is 16.7 Å². The van der Waals surface area contributed by atoms with Gasteiger partial charge in [-0.1, -0.05) is 57.6 Å². The molecular weight excluding hydrogens is 258 g/mol. The summed E-state index contributed by atoms with van der Waals surface area (Å²) in [5.74, 6) is 0.957. The first-order valence-electron chi connectivity index (χ1n) is 8.27. The lowest BCUT2D eigenvalue weighted by Crippen LogP contribution is -2.16. The van der Waals surface area contributed by atoms with E-state index < -0.39 is 0 Å². The number of rotatable bonds is 9. The van der Waals surface area contributed by atoms with Gasteiger partial charge in [-0.15, -0.1) is 0 Å². The SMILES string of the molecule is CCCCCCCCC(C)Nc1ncnc2ccccc12. The molecule has 0 radical (unpaired) electrons. The highest BCUT2D eigenvalue weighted by Gasteiger charge is 2.06. The minimum atomic E-state index is 0.453. The van der Waals surface area contributed by atoms with Gasteiger partial charge in [-0.25, -0.2) is 9.97 Å². The summed E-state index contributed by atoms with van der Waals surface area (Å²) in [5.41, 5.74) is 1.00. The Morgan fingerprint density at radius 1 is 1.00 bits per heavy atom. The van der Waals surface area contributed by atoms with Crippen molar-refractivity contribution in [1.82, 2.24) is 9.97 Å². The van der Waals surface area contributed by atoms with Gasteiger partial charge in [0.15, 0.2) is 0 Å². The van der Waals surface area contributed by atoms with Crippen LogP contribution in [0.4, 0.5) is 5.82 Å². The number of benzene rings is 1. The molecule has 0 aliphatic carbocycles. The van der Waals surface area contributed by atoms with E-state index in [-0.39, 0.29) is 0 Å². The predicted octanol–water partition coefficient (Wildman–Crippen LogP) is 5.18. The van der Waals surface area contributed by atoms with Crippen LogP contribution in [0.25, 0.3) is 10.9 Å². The van der Waals surface area contributed by atoms with Crippen LogP contribution in [0.3, 0.4) is 0 Å². The molecule has 0 spiro atoms. The molecule has 1 heterocycles. The van der Waals surface area contributed by atoms with Crippen molar-refractivity contribution in [3.63, 3.8) is 0 Å². The second-order valence-electron chi connectivity index (χ2n) is 5.84. The predicted molar refractivity (Wildman–Crippen MR) is 90.6 cm³/mol. The quantitative estimate of drug-likeness (QED) is 0.645. The van der Waals surface area contributed by atoms with E-state index in [2.05, 4.69) is 35.2 Å². The molecule has 1 atom stereocenters. The zero-order valence-electron chi connectivity index (χ0n) is 13.3. The number of nitrogens with one attached hydrogen (secondary N) is 1. The minimum absolute atomic E-state index is 0.453. The second kappa shape index (κ2) is 8.60. The highest BCUT2D eigenvalue weighted by atomic mass is 15.0. The Labute approximate surface area is 128 Å². The molecule has 2 rings (SSSR count). The fourth-order valence-corrected chi connectivity index (χ4v) is 2.66. The average Bonchev–Trinajstić information content (AvgIpc) is 2.51. The van der Waals surface area contributed by atoms with Crippen LogP contribution in [0.1, 0.15) is 58.8 Å². The molecule has 114 valence electrons. The van der Waals surface area contributed by atoms with E-state index in [9.17, 15) is 0 Å². The van der Waals surface area contributed by atoms with Crippen LogP contribution >= 0.6 is 0 Å². The van der Waals surface area contributed by atoms with Gasteiger partial charge in [-0.3, -0.25) is 0 Å². The van der Waals surface area contributed by atoms with Crippen LogP contribution in [0, 0.1) is 0 Å². The van der Waals surface area contributed by atoms with Crippen LogP contribution in [0.2, 0.25) is 0 Å². The zero-order valence-corrected chi connectivity index (χ0v) is 13.3. The molecule has 3 nitrogen and oxygen atoms in total. The molecule has 1 N–H and O–H groups in total. The van der Waals surface area contributed by atoms with Gasteiger partial charge in [0.05, 0.1) is 5.52 Å². The van der Waals surface area contributed by atoms with Crippen molar-refractivity contribution < 1.29 is 0 Å². The highest BCUT2D eigenvalue weighted by molar-refractivity contribution is 5.88. The topological polar surface area (TPSA) is 37.8 Å². The summed E-state index contributed by atoms with van der Waals surface area (Å²) in [6.07, 6.45) is 10.9. The molecule has 3 heteroatoms. The molecule has 0 bridgehead atoms. The number of hydrogen-bond donors (Lipinski definition) is 1. The van der Waals surface area contributed by atoms with Crippen molar-refractivity contribution in [3.05, 3.63) is 30.6 Å². The van der Waals surface area contributed by atoms with Gasteiger partial charge in [-0.05, 0) is 25.5 Å². The molecule has 1 aromatic heterocycles. The van der Waals surface area contributed by atoms with Gasteiger partial charge in [0.25, 0.3) is 0 Å². The summed E-state index contributed by atoms with van der Waals surface area (Å²) in [7, 11) is 0. The maximum Gasteiger partial charge on any atom is 0.137 e. The van der Waals surface area contributed by atoms with E-state index >= 15 is 0 Å². The Balaban J connectivity index is 1.80. The van der Waals surface area contributed by atoms with Gasteiger partial charge >= 0.3 is 0 Å². The molecule has 2 aromatic rings. The van der Waals surface area contributed by atoms with Crippen molar-refractivity contribution in [2.45, 2.75) is 64.8 Å². The molecule has 0 saturated heterocycles. The van der Waals surface area contributed by atoms with Crippen molar-refractivity contribution in [2.75, 3.05) is 5.32 Å². The molecule has 0 aliphatic heterocycles. The highest BCUT2D eigenvalue weighted by Crippen LogP contribution is 2.20. The van der Waals surface area contributed by atoms with Gasteiger partial charge in [-0.2, -0.15) is 0 Å². The average molecular weight is 285 g/mol. The minimum Gasteiger partial charge on any atom is -0.367 e. The second-order valence-corrected chi connectivity index (χ2v) is 5.84. The molecule has 0 aliphatic rings. The number of hydrogen-bond acceptors (Lipinski definition) is 3. The van der Waals surface area contributed by atoms with Gasteiger partial charge in [0, 0.05) is 11.4 Å². The maximum atomic E-state index is 4.39. The van der Waals surface area contributed by atoms with E-state index in [0.29, 0.717) is 6.04 Å². The largest absolute Gasteiger partial charge is 0.367 e. The molecule has 1 unspecified atom stereocenters. The molecule has 0 fully saturated rings. The number of fused-ring (bicyclic) bond motifs is 1. The first kappa shape index (κ1) is 15.7. The molecular formula is C18H27N3. The zero-order chi connectivity index (χ0) is 14.9. The Kier molecular flexibility index (Phi) is 6.45. The maximum absolute atomic E-state index is 4.39. The van der Waals surface area contributed by atoms with Crippen LogP contribution < -0.4 is 5.32 Å². The third-order valence-corrected chi connectivity index (χ3v) is 3.92. The van der Waals surface area contributed by atoms with E-state index in [1.807, 2.05) is 18.2 Å². The fraction of sp³-hybridized carbons (Fsp3) is 0.556. The third-order valence-electron chi connectivity index (χ3n) is 3.92. The van der Waals surface area contributed by atoms with Gasteiger partial charge in [0.2, 0.25) is 0 Å². The summed E-state index contributed by atoms with van der Waals surface area (Å²) in [6, 6.07) is 8.61. The summed E-state index contributed by atoms with van der Waals surface area (Å²) in [4.78, 5) is 8.70. The number of nitrogens with zero attached hydrogens (tertiary/aromatic N) is 2. The van der Waals surface area contributed by atoms with E-state index in [4.69, 9.17) is 0 Å². The standard InChI is InChI=1S/C18H27N3/c1-3-4-5-6-7-8-11-15(2)21-18-16-12-9-10-13-17(16)19-14-20-18/h9-10,12-15H,3-8,11H2,1-2H3,(H,19,20,21). The van der Waals surface area contributed by atoms with Crippen molar-refractivity contribution in [3.8, 4) is 0 Å². The smallest absolute Gasteiger partial charge is 0.137 e. The monoisotopic (exact) mass is 285 g/mol. The number of anilines is 1. The van der Waals surface area contributed by atoms with Crippen molar-refractivity contribution in [1.29, 1.82) is 0 Å². The fourth-order valence-electron chi connectivity index (χ4n) is 2.66. The number of aromatic nitrogens is 2. The van der Waals surface area contributed by atoms with E-state index in [1.165, 1.54) is 44.9 Å². The lowest BCUT2D eigenvalue weighted by Gasteiger charge is -2.15. The molecule has 0 amide bonds. The molecule has 0 saturated carbocycles. The van der Waals surface area contributed by atoms with Crippen LogP contribution in [-0.2, 0) is 0 Å². The number of unbranched alkanes of at least 4 members (excludes halogenated alkanes) is 5. The lowest BCUT2D eigenvalue weighted by atomic mass is 10.1. The normalized spacial score (nSPS) is 12.5. The van der Waals surface area contributed by atoms with Crippen LogP contribution in [-0.4, -0.2) is 16.0 Å². The van der Waals surface area contributed by atoms with E-state index in [1.54, 1.807) is 6.33 Å². The summed E-state index contributed by atoms with van der Waals surface area (Å²) in [5, 5.41) is 4.64. The summed E-state index contributed by atoms with van der Waals surface area (Å²) in [6.45, 7) is 4.50. The molecule has 21 heavy (non-hydrogen) atoms. The third kappa shape index (κ3) is 5.00. The van der Waals surface area contributed by atoms with Gasteiger partial charge < -0.3 is 5.32 Å². The summed E-state index contributed by atoms with van der Waals surface area (Å²) >= 11 is 0. The first-order chi connectivity index (χ1) is 10.3. The Hall–Kier alpha value is -1.64. The van der Waals surface area contributed by atoms with Crippen LogP contribution in [0.15, 0.2) is 30.6 Å². The Morgan fingerprint density at radius 2 is 1.76 bits per heavy atom. The summed E-state index contributed by atoms with van der Waals surface area (Å²) < 4.78 is 0. The lowest BCUT2D eigenvalue weighted by molar-refractivity contribution is 0.566. The first-order valence-corrected chi connectivity index (χ1v) is 8.27. The van der Waals surface area contributed by atoms with Crippen molar-refractivity contribution in [2.24, 2.45) is 0 Å².